The van der Waals surface area contributed by atoms with Gasteiger partial charge in [0.2, 0.25) is 0 Å². The van der Waals surface area contributed by atoms with Crippen molar-refractivity contribution in [3.05, 3.63) is 65.7 Å². The molecule has 19 heavy (non-hydrogen) atoms. The summed E-state index contributed by atoms with van der Waals surface area (Å²) in [4.78, 5) is 2.53. The number of nitrogens with one attached hydrogen (secondary N) is 1. The molecule has 0 saturated heterocycles. The predicted molar refractivity (Wildman–Crippen MR) is 80.4 cm³/mol. The monoisotopic (exact) mass is 252 g/mol. The van der Waals surface area contributed by atoms with Crippen molar-refractivity contribution in [2.75, 3.05) is 25.0 Å². The van der Waals surface area contributed by atoms with Gasteiger partial charge in [-0.1, -0.05) is 48.5 Å². The van der Waals surface area contributed by atoms with Crippen LogP contribution in [-0.2, 0) is 13.0 Å². The van der Waals surface area contributed by atoms with E-state index in [1.165, 1.54) is 16.8 Å². The molecule has 0 aromatic heterocycles. The first kappa shape index (κ1) is 12.2. The van der Waals surface area contributed by atoms with Crippen molar-refractivity contribution in [1.82, 2.24) is 4.90 Å². The average molecular weight is 252 g/mol. The van der Waals surface area contributed by atoms with Gasteiger partial charge in [0.05, 0.1) is 0 Å². The smallest absolute Gasteiger partial charge is 0.0373 e. The molecule has 0 aliphatic carbocycles. The molecule has 2 aromatic carbocycles. The number of anilines is 1. The molecule has 0 atom stereocenters. The lowest BCUT2D eigenvalue weighted by atomic mass is 10.1. The van der Waals surface area contributed by atoms with E-state index in [1.54, 1.807) is 0 Å². The second kappa shape index (κ2) is 5.89. The van der Waals surface area contributed by atoms with Crippen molar-refractivity contribution in [2.24, 2.45) is 0 Å². The Morgan fingerprint density at radius 3 is 2.58 bits per heavy atom. The molecule has 1 heterocycles. The molecule has 2 heteroatoms. The normalized spacial score (nSPS) is 16.0. The molecule has 0 unspecified atom stereocenters. The molecule has 0 fully saturated rings. The highest BCUT2D eigenvalue weighted by Gasteiger charge is 2.11. The van der Waals surface area contributed by atoms with Gasteiger partial charge >= 0.3 is 0 Å². The molecule has 0 bridgehead atoms. The van der Waals surface area contributed by atoms with Gasteiger partial charge in [-0.3, -0.25) is 4.90 Å². The van der Waals surface area contributed by atoms with Crippen LogP contribution in [0.15, 0.2) is 54.6 Å². The van der Waals surface area contributed by atoms with E-state index in [-0.39, 0.29) is 0 Å². The molecule has 0 radical (unpaired) electrons. The molecule has 2 aromatic rings. The zero-order chi connectivity index (χ0) is 12.9. The molecule has 1 aliphatic rings. The van der Waals surface area contributed by atoms with Crippen LogP contribution in [0, 0.1) is 0 Å². The summed E-state index contributed by atoms with van der Waals surface area (Å²) in [7, 11) is 0. The number of benzene rings is 2. The van der Waals surface area contributed by atoms with Crippen molar-refractivity contribution in [3.8, 4) is 0 Å². The lowest BCUT2D eigenvalue weighted by molar-refractivity contribution is 0.277. The second-order valence-corrected chi connectivity index (χ2v) is 5.10. The van der Waals surface area contributed by atoms with E-state index in [9.17, 15) is 0 Å². The van der Waals surface area contributed by atoms with E-state index >= 15 is 0 Å². The second-order valence-electron chi connectivity index (χ2n) is 5.10. The van der Waals surface area contributed by atoms with Crippen LogP contribution in [0.25, 0.3) is 0 Å². The Morgan fingerprint density at radius 1 is 0.895 bits per heavy atom. The Bertz CT molecular complexity index is 522. The maximum Gasteiger partial charge on any atom is 0.0373 e. The average Bonchev–Trinajstić information content (AvgIpc) is 2.44. The van der Waals surface area contributed by atoms with E-state index in [1.807, 2.05) is 0 Å². The molecule has 0 saturated carbocycles. The highest BCUT2D eigenvalue weighted by molar-refractivity contribution is 5.51. The van der Waals surface area contributed by atoms with Gasteiger partial charge in [0.15, 0.2) is 0 Å². The summed E-state index contributed by atoms with van der Waals surface area (Å²) in [6.07, 6.45) is 1.12. The lowest BCUT2D eigenvalue weighted by Gasteiger charge is -2.26. The summed E-state index contributed by atoms with van der Waals surface area (Å²) in [5, 5.41) is 3.54. The summed E-state index contributed by atoms with van der Waals surface area (Å²) in [6.45, 7) is 4.30. The van der Waals surface area contributed by atoms with Gasteiger partial charge in [-0.25, -0.2) is 0 Å². The minimum absolute atomic E-state index is 1.02. The quantitative estimate of drug-likeness (QED) is 0.883. The van der Waals surface area contributed by atoms with Crippen molar-refractivity contribution in [2.45, 2.75) is 13.0 Å². The molecular formula is C17H20N2. The van der Waals surface area contributed by atoms with Crippen LogP contribution in [0.1, 0.15) is 11.1 Å². The van der Waals surface area contributed by atoms with Crippen LogP contribution < -0.4 is 5.32 Å². The van der Waals surface area contributed by atoms with Gasteiger partial charge in [-0.15, -0.1) is 0 Å². The molecule has 2 nitrogen and oxygen atoms in total. The van der Waals surface area contributed by atoms with Gasteiger partial charge < -0.3 is 5.32 Å². The molecule has 0 amide bonds. The van der Waals surface area contributed by atoms with Crippen LogP contribution in [-0.4, -0.2) is 24.5 Å². The van der Waals surface area contributed by atoms with Gasteiger partial charge in [0.25, 0.3) is 0 Å². The van der Waals surface area contributed by atoms with Gasteiger partial charge in [-0.05, 0) is 23.6 Å². The van der Waals surface area contributed by atoms with Crippen molar-refractivity contribution < 1.29 is 0 Å². The number of rotatable bonds is 2. The zero-order valence-electron chi connectivity index (χ0n) is 11.2. The summed E-state index contributed by atoms with van der Waals surface area (Å²) in [5.41, 5.74) is 4.14. The first-order chi connectivity index (χ1) is 9.42. The summed E-state index contributed by atoms with van der Waals surface area (Å²) >= 11 is 0. The van der Waals surface area contributed by atoms with Crippen LogP contribution in [0.3, 0.4) is 0 Å². The van der Waals surface area contributed by atoms with Crippen LogP contribution >= 0.6 is 0 Å². The molecule has 1 N–H and O–H groups in total. The van der Waals surface area contributed by atoms with E-state index < -0.39 is 0 Å². The topological polar surface area (TPSA) is 15.3 Å². The highest BCUT2D eigenvalue weighted by Crippen LogP contribution is 2.18. The van der Waals surface area contributed by atoms with Gasteiger partial charge in [0.1, 0.15) is 0 Å². The van der Waals surface area contributed by atoms with Crippen molar-refractivity contribution >= 4 is 5.69 Å². The van der Waals surface area contributed by atoms with Crippen LogP contribution in [0.2, 0.25) is 0 Å². The van der Waals surface area contributed by atoms with E-state index in [0.717, 1.165) is 32.6 Å². The number of fused-ring (bicyclic) bond motifs is 1. The van der Waals surface area contributed by atoms with Crippen molar-refractivity contribution in [1.29, 1.82) is 0 Å². The fourth-order valence-electron chi connectivity index (χ4n) is 2.65. The highest BCUT2D eigenvalue weighted by atomic mass is 15.1. The molecule has 98 valence electrons. The summed E-state index contributed by atoms with van der Waals surface area (Å²) in [5.74, 6) is 0. The van der Waals surface area contributed by atoms with Gasteiger partial charge in [-0.2, -0.15) is 0 Å². The Balaban J connectivity index is 1.67. The maximum atomic E-state index is 3.54. The number of nitrogens with zero attached hydrogens (tertiary/aromatic N) is 1. The third-order valence-electron chi connectivity index (χ3n) is 3.71. The largest absolute Gasteiger partial charge is 0.384 e. The fraction of sp³-hybridized carbons (Fsp3) is 0.294. The number of para-hydroxylation sites is 1. The summed E-state index contributed by atoms with van der Waals surface area (Å²) < 4.78 is 0. The molecule has 3 rings (SSSR count). The fourth-order valence-corrected chi connectivity index (χ4v) is 2.65. The Kier molecular flexibility index (Phi) is 3.80. The van der Waals surface area contributed by atoms with Gasteiger partial charge in [0, 0.05) is 31.9 Å². The third-order valence-corrected chi connectivity index (χ3v) is 3.71. The van der Waals surface area contributed by atoms with Crippen LogP contribution in [0.5, 0.6) is 0 Å². The van der Waals surface area contributed by atoms with E-state index in [0.29, 0.717) is 0 Å². The molecule has 0 spiro atoms. The maximum absolute atomic E-state index is 3.54. The Morgan fingerprint density at radius 2 is 1.68 bits per heavy atom. The number of hydrogen-bond donors (Lipinski definition) is 1. The third kappa shape index (κ3) is 3.15. The van der Waals surface area contributed by atoms with E-state index in [2.05, 4.69) is 64.8 Å². The molecular weight excluding hydrogens is 232 g/mol. The number of hydrogen-bond acceptors (Lipinski definition) is 2. The first-order valence-corrected chi connectivity index (χ1v) is 7.00. The minimum Gasteiger partial charge on any atom is -0.384 e. The van der Waals surface area contributed by atoms with Crippen LogP contribution in [0.4, 0.5) is 5.69 Å². The minimum atomic E-state index is 1.02. The Labute approximate surface area is 115 Å². The first-order valence-electron chi connectivity index (χ1n) is 7.00. The SMILES string of the molecule is c1ccc(CN2CCNc3ccccc3CC2)cc1. The van der Waals surface area contributed by atoms with E-state index in [4.69, 9.17) is 0 Å². The Hall–Kier alpha value is -1.80. The molecule has 1 aliphatic heterocycles. The summed E-state index contributed by atoms with van der Waals surface area (Å²) in [6, 6.07) is 19.4. The zero-order valence-corrected chi connectivity index (χ0v) is 11.2. The predicted octanol–water partition coefficient (Wildman–Crippen LogP) is 3.16. The standard InChI is InChI=1S/C17H20N2/c1-2-6-15(7-3-1)14-19-12-10-16-8-4-5-9-17(16)18-11-13-19/h1-9,18H,10-14H2. The lowest BCUT2D eigenvalue weighted by Crippen LogP contribution is -2.32. The van der Waals surface area contributed by atoms with Crippen molar-refractivity contribution in [3.63, 3.8) is 0 Å².